The van der Waals surface area contributed by atoms with Crippen LogP contribution < -0.4 is 5.32 Å². The third-order valence-electron chi connectivity index (χ3n) is 4.95. The van der Waals surface area contributed by atoms with E-state index in [1.54, 1.807) is 6.07 Å². The summed E-state index contributed by atoms with van der Waals surface area (Å²) >= 11 is 0. The van der Waals surface area contributed by atoms with E-state index in [1.165, 1.54) is 25.0 Å². The molecule has 1 heterocycles. The molecule has 3 rings (SSSR count). The van der Waals surface area contributed by atoms with Crippen LogP contribution >= 0.6 is 24.8 Å². The lowest BCUT2D eigenvalue weighted by Crippen LogP contribution is -2.46. The van der Waals surface area contributed by atoms with Crippen molar-refractivity contribution in [3.63, 3.8) is 0 Å². The number of hydrogen-bond donors (Lipinski definition) is 1. The highest BCUT2D eigenvalue weighted by molar-refractivity contribution is 5.85. The molecular weight excluding hydrogens is 360 g/mol. The van der Waals surface area contributed by atoms with Crippen molar-refractivity contribution in [2.45, 2.75) is 37.9 Å². The third kappa shape index (κ3) is 5.01. The molecule has 138 valence electrons. The van der Waals surface area contributed by atoms with Crippen LogP contribution in [0.15, 0.2) is 24.3 Å². The summed E-state index contributed by atoms with van der Waals surface area (Å²) in [4.78, 5) is 2.38. The summed E-state index contributed by atoms with van der Waals surface area (Å²) in [6.45, 7) is 3.67. The normalized spacial score (nSPS) is 21.0. The summed E-state index contributed by atoms with van der Waals surface area (Å²) in [6, 6.07) is 6.10. The molecule has 1 aromatic carbocycles. The van der Waals surface area contributed by atoms with Crippen molar-refractivity contribution >= 4 is 24.8 Å². The van der Waals surface area contributed by atoms with Gasteiger partial charge in [-0.2, -0.15) is 13.2 Å². The Hall–Kier alpha value is -0.490. The maximum Gasteiger partial charge on any atom is 0.416 e. The van der Waals surface area contributed by atoms with E-state index in [0.29, 0.717) is 5.92 Å². The van der Waals surface area contributed by atoms with E-state index in [0.717, 1.165) is 44.6 Å². The molecule has 0 bridgehead atoms. The zero-order chi connectivity index (χ0) is 15.6. The van der Waals surface area contributed by atoms with Crippen LogP contribution in [0.2, 0.25) is 0 Å². The van der Waals surface area contributed by atoms with Gasteiger partial charge in [-0.1, -0.05) is 25.0 Å². The molecule has 1 saturated carbocycles. The lowest BCUT2D eigenvalue weighted by atomic mass is 9.89. The molecule has 1 aliphatic heterocycles. The molecule has 0 aromatic heterocycles. The first-order chi connectivity index (χ1) is 10.6. The second-order valence-electron chi connectivity index (χ2n) is 6.40. The molecule has 0 unspecified atom stereocenters. The minimum atomic E-state index is -4.26. The summed E-state index contributed by atoms with van der Waals surface area (Å²) < 4.78 is 39.1. The SMILES string of the molecule is Cl.Cl.FC(F)(F)c1cccc([C@H](C2CCCC2)N2CCNCC2)c1. The zero-order valence-electron chi connectivity index (χ0n) is 13.5. The summed E-state index contributed by atoms with van der Waals surface area (Å²) in [5.41, 5.74) is 0.312. The number of piperazine rings is 1. The average Bonchev–Trinajstić information content (AvgIpc) is 3.02. The van der Waals surface area contributed by atoms with Crippen molar-refractivity contribution in [1.82, 2.24) is 10.2 Å². The van der Waals surface area contributed by atoms with Gasteiger partial charge in [0, 0.05) is 32.2 Å². The van der Waals surface area contributed by atoms with Gasteiger partial charge in [-0.3, -0.25) is 4.90 Å². The van der Waals surface area contributed by atoms with E-state index in [1.807, 2.05) is 6.07 Å². The highest BCUT2D eigenvalue weighted by Gasteiger charge is 2.35. The first-order valence-corrected chi connectivity index (χ1v) is 8.17. The van der Waals surface area contributed by atoms with Gasteiger partial charge in [-0.05, 0) is 36.5 Å². The summed E-state index contributed by atoms with van der Waals surface area (Å²) in [6.07, 6.45) is 0.397. The van der Waals surface area contributed by atoms with E-state index < -0.39 is 11.7 Å². The Morgan fingerprint density at radius 1 is 1.04 bits per heavy atom. The third-order valence-corrected chi connectivity index (χ3v) is 4.95. The van der Waals surface area contributed by atoms with Crippen molar-refractivity contribution in [2.24, 2.45) is 5.92 Å². The molecule has 1 aromatic rings. The lowest BCUT2D eigenvalue weighted by Gasteiger charge is -2.39. The Kier molecular flexibility index (Phi) is 8.33. The molecule has 1 aliphatic carbocycles. The number of rotatable bonds is 3. The molecule has 2 nitrogen and oxygen atoms in total. The Bertz CT molecular complexity index is 499. The first kappa shape index (κ1) is 21.6. The van der Waals surface area contributed by atoms with Gasteiger partial charge in [-0.15, -0.1) is 24.8 Å². The van der Waals surface area contributed by atoms with Gasteiger partial charge in [0.2, 0.25) is 0 Å². The first-order valence-electron chi connectivity index (χ1n) is 8.17. The number of halogens is 5. The fraction of sp³-hybridized carbons (Fsp3) is 0.647. The molecular formula is C17H25Cl2F3N2. The second kappa shape index (κ2) is 9.27. The molecule has 2 fully saturated rings. The molecule has 7 heteroatoms. The van der Waals surface area contributed by atoms with Gasteiger partial charge < -0.3 is 5.32 Å². The van der Waals surface area contributed by atoms with Crippen molar-refractivity contribution in [2.75, 3.05) is 26.2 Å². The van der Waals surface area contributed by atoms with Gasteiger partial charge in [0.05, 0.1) is 5.56 Å². The fourth-order valence-corrected chi connectivity index (χ4v) is 3.91. The van der Waals surface area contributed by atoms with Crippen LogP contribution in [0.1, 0.15) is 42.9 Å². The maximum atomic E-state index is 13.0. The molecule has 1 saturated heterocycles. The molecule has 1 N–H and O–H groups in total. The number of nitrogens with zero attached hydrogens (tertiary/aromatic N) is 1. The standard InChI is InChI=1S/C17H23F3N2.2ClH/c18-17(19,20)15-7-3-6-14(12-15)16(13-4-1-2-5-13)22-10-8-21-9-11-22;;/h3,6-7,12-13,16,21H,1-2,4-5,8-11H2;2*1H/t16-;;/m0../s1. The molecule has 0 amide bonds. The number of hydrogen-bond acceptors (Lipinski definition) is 2. The van der Waals surface area contributed by atoms with E-state index in [-0.39, 0.29) is 30.9 Å². The van der Waals surface area contributed by atoms with Crippen LogP contribution in [-0.2, 0) is 6.18 Å². The van der Waals surface area contributed by atoms with Crippen LogP contribution in [0.25, 0.3) is 0 Å². The highest BCUT2D eigenvalue weighted by atomic mass is 35.5. The Labute approximate surface area is 154 Å². The topological polar surface area (TPSA) is 15.3 Å². The van der Waals surface area contributed by atoms with Crippen molar-refractivity contribution in [3.8, 4) is 0 Å². The predicted octanol–water partition coefficient (Wildman–Crippen LogP) is 4.69. The van der Waals surface area contributed by atoms with E-state index in [9.17, 15) is 13.2 Å². The summed E-state index contributed by atoms with van der Waals surface area (Å²) in [5.74, 6) is 0.488. The quantitative estimate of drug-likeness (QED) is 0.813. The number of alkyl halides is 3. The fourth-order valence-electron chi connectivity index (χ4n) is 3.91. The second-order valence-corrected chi connectivity index (χ2v) is 6.40. The number of benzene rings is 1. The van der Waals surface area contributed by atoms with Gasteiger partial charge in [0.1, 0.15) is 0 Å². The smallest absolute Gasteiger partial charge is 0.314 e. The molecule has 0 spiro atoms. The van der Waals surface area contributed by atoms with E-state index in [2.05, 4.69) is 10.2 Å². The molecule has 1 atom stereocenters. The Morgan fingerprint density at radius 3 is 2.25 bits per heavy atom. The average molecular weight is 385 g/mol. The summed E-state index contributed by atoms with van der Waals surface area (Å²) in [5, 5.41) is 3.33. The van der Waals surface area contributed by atoms with Gasteiger partial charge in [0.25, 0.3) is 0 Å². The lowest BCUT2D eigenvalue weighted by molar-refractivity contribution is -0.137. The van der Waals surface area contributed by atoms with Crippen molar-refractivity contribution in [1.29, 1.82) is 0 Å². The zero-order valence-corrected chi connectivity index (χ0v) is 15.2. The van der Waals surface area contributed by atoms with Crippen LogP contribution in [0.3, 0.4) is 0 Å². The maximum absolute atomic E-state index is 13.0. The highest BCUT2D eigenvalue weighted by Crippen LogP contribution is 2.41. The van der Waals surface area contributed by atoms with Gasteiger partial charge in [0.15, 0.2) is 0 Å². The molecule has 0 radical (unpaired) electrons. The predicted molar refractivity (Wildman–Crippen MR) is 95.1 cm³/mol. The molecule has 2 aliphatic rings. The van der Waals surface area contributed by atoms with Crippen molar-refractivity contribution < 1.29 is 13.2 Å². The molecule has 24 heavy (non-hydrogen) atoms. The minimum absolute atomic E-state index is 0. The Morgan fingerprint density at radius 2 is 1.67 bits per heavy atom. The minimum Gasteiger partial charge on any atom is -0.314 e. The van der Waals surface area contributed by atoms with E-state index >= 15 is 0 Å². The number of nitrogens with one attached hydrogen (secondary N) is 1. The van der Waals surface area contributed by atoms with Crippen LogP contribution in [-0.4, -0.2) is 31.1 Å². The van der Waals surface area contributed by atoms with Gasteiger partial charge >= 0.3 is 6.18 Å². The van der Waals surface area contributed by atoms with Crippen molar-refractivity contribution in [3.05, 3.63) is 35.4 Å². The van der Waals surface area contributed by atoms with Gasteiger partial charge in [-0.25, -0.2) is 0 Å². The van der Waals surface area contributed by atoms with E-state index in [4.69, 9.17) is 0 Å². The van der Waals surface area contributed by atoms with Crippen LogP contribution in [0, 0.1) is 5.92 Å². The largest absolute Gasteiger partial charge is 0.416 e. The van der Waals surface area contributed by atoms with Crippen LogP contribution in [0.5, 0.6) is 0 Å². The van der Waals surface area contributed by atoms with Crippen LogP contribution in [0.4, 0.5) is 13.2 Å². The monoisotopic (exact) mass is 384 g/mol. The Balaban J connectivity index is 0.00000144. The summed E-state index contributed by atoms with van der Waals surface area (Å²) in [7, 11) is 0.